The molecule has 10 heterocycles. The normalized spacial score (nSPS) is 12.3. The molecule has 0 saturated heterocycles. The van der Waals surface area contributed by atoms with Crippen molar-refractivity contribution < 1.29 is 9.47 Å². The van der Waals surface area contributed by atoms with Crippen molar-refractivity contribution >= 4 is 92.7 Å². The van der Waals surface area contributed by atoms with Gasteiger partial charge in [-0.1, -0.05) is 106 Å². The van der Waals surface area contributed by atoms with Gasteiger partial charge in [0.2, 0.25) is 0 Å². The maximum absolute atomic E-state index is 6.77. The molecule has 0 unspecified atom stereocenters. The van der Waals surface area contributed by atoms with Crippen molar-refractivity contribution in [1.29, 1.82) is 0 Å². The van der Waals surface area contributed by atoms with Crippen LogP contribution in [0.15, 0.2) is 146 Å². The highest BCUT2D eigenvalue weighted by molar-refractivity contribution is 6.06. The van der Waals surface area contributed by atoms with Crippen LogP contribution in [0.25, 0.3) is 182 Å². The molecule has 0 amide bonds. The fourth-order valence-corrected chi connectivity index (χ4v) is 21.5. The van der Waals surface area contributed by atoms with Gasteiger partial charge in [0.1, 0.15) is 11.5 Å². The van der Waals surface area contributed by atoms with Crippen LogP contribution in [-0.4, -0.2) is 53.1 Å². The first-order chi connectivity index (χ1) is 60.0. The number of hydrogen-bond donors (Lipinski definition) is 4. The number of unbranched alkanes of at least 4 members (excludes halogenated alkanes) is 2. The minimum absolute atomic E-state index is 0.566. The molecule has 14 aromatic rings. The first kappa shape index (κ1) is 82.5. The van der Waals surface area contributed by atoms with Crippen molar-refractivity contribution in [2.75, 3.05) is 13.2 Å². The largest absolute Gasteiger partial charge is 0.494 e. The minimum Gasteiger partial charge on any atom is -0.494 e. The van der Waals surface area contributed by atoms with Gasteiger partial charge in [-0.05, 0) is 427 Å². The van der Waals surface area contributed by atoms with E-state index in [-0.39, 0.29) is 0 Å². The number of fused-ring (bicyclic) bond motifs is 16. The Morgan fingerprint density at radius 1 is 0.176 bits per heavy atom. The van der Waals surface area contributed by atoms with Crippen molar-refractivity contribution in [2.24, 2.45) is 0 Å². The number of H-pyrrole nitrogens is 4. The lowest BCUT2D eigenvalue weighted by Gasteiger charge is -2.16. The van der Waals surface area contributed by atoms with E-state index in [1.54, 1.807) is 0 Å². The van der Waals surface area contributed by atoms with Crippen LogP contribution in [0.5, 0.6) is 11.5 Å². The number of aromatic amines is 4. The summed E-state index contributed by atoms with van der Waals surface area (Å²) in [6, 6.07) is 54.3. The Morgan fingerprint density at radius 2 is 0.312 bits per heavy atom. The molecular weight excluding hydrogens is 1530 g/mol. The molecule has 4 N–H and O–H groups in total. The van der Waals surface area contributed by atoms with Gasteiger partial charge in [-0.2, -0.15) is 0 Å². The van der Waals surface area contributed by atoms with Crippen LogP contribution in [0.4, 0.5) is 0 Å². The SMILES string of the molecule is Cc1cc(C)c(-c2c3nc(c(-c4c(C)cc(C)cc4C)c4ccc([nH]4)c(-c4c(C)cc(OCCCCCOc5cc(C)c(-c6c7nc(c(-c8c(C)cc(C)cc8C)c8ccc([nH]8)c(-c8c(C)cc(C)cc8C)c8nc(c(-c9c(C)cc(C)cc9C)c9ccc6[nH]9)C=C8)C=C7)c(C)c5)cc4C)c4nc(c(-c5c(C)cc(C)cc5C)c5ccc2[nH]5)C=C4)C=C3)c(C)c1. The summed E-state index contributed by atoms with van der Waals surface area (Å²) in [7, 11) is 0. The van der Waals surface area contributed by atoms with Crippen LogP contribution in [0.3, 0.4) is 0 Å². The maximum atomic E-state index is 6.77. The van der Waals surface area contributed by atoms with Gasteiger partial charge in [0.25, 0.3) is 0 Å². The standard InChI is InChI=1S/C115H112N8O2/c1-60-44-66(7)100(67(8)45-60)108-84-26-30-88(116-84)110(102-70(11)48-62(3)49-71(102)12)92-34-38-96(120-92)114(97-39-35-93(121-97)111(89-31-27-85(108)117-89)103-72(13)50-63(4)51-73(103)14)106-78(19)56-82(57-79(106)20)124-42-24-23-25-43-125-83-58-80(21)107(81(22)59-83)115-98-40-36-94(122-98)112(104-74(15)52-64(5)53-75(104)16)90-32-28-86(118-90)109(101-68(9)46-61(2)47-69(101)10)87-29-33-91(119-87)113(95-37-41-99(115)123-95)105-76(17)54-65(6)55-77(105)18/h26-41,44-59,116,118,121,123H,23-25,42-43H2,1-22H3. The molecule has 10 nitrogen and oxygen atoms in total. The second kappa shape index (κ2) is 32.7. The van der Waals surface area contributed by atoms with E-state index < -0.39 is 0 Å². The molecule has 0 radical (unpaired) electrons. The molecule has 16 bridgehead atoms. The fraction of sp³-hybridized carbons (Fsp3) is 0.235. The maximum Gasteiger partial charge on any atom is 0.119 e. The Kier molecular flexibility index (Phi) is 21.6. The summed E-state index contributed by atoms with van der Waals surface area (Å²) >= 11 is 0. The number of nitrogens with one attached hydrogen (secondary N) is 4. The highest BCUT2D eigenvalue weighted by Gasteiger charge is 2.29. The van der Waals surface area contributed by atoms with Gasteiger partial charge in [0.05, 0.1) is 58.8 Å². The number of nitrogens with zero attached hydrogens (tertiary/aromatic N) is 4. The minimum atomic E-state index is 0.566. The number of hydrogen-bond acceptors (Lipinski definition) is 6. The molecule has 6 aromatic heterocycles. The predicted molar refractivity (Wildman–Crippen MR) is 530 cm³/mol. The second-order valence-corrected chi connectivity index (χ2v) is 36.3. The first-order valence-corrected chi connectivity index (χ1v) is 44.3. The number of rotatable bonds is 16. The van der Waals surface area contributed by atoms with E-state index in [0.717, 1.165) is 198 Å². The lowest BCUT2D eigenvalue weighted by molar-refractivity contribution is 0.279. The molecule has 624 valence electrons. The van der Waals surface area contributed by atoms with Gasteiger partial charge in [0.15, 0.2) is 0 Å². The summed E-state index contributed by atoms with van der Waals surface area (Å²) < 4.78 is 13.5. The van der Waals surface area contributed by atoms with Crippen molar-refractivity contribution in [1.82, 2.24) is 39.9 Å². The third-order valence-electron chi connectivity index (χ3n) is 25.9. The molecule has 0 fully saturated rings. The number of ether oxygens (including phenoxy) is 2. The van der Waals surface area contributed by atoms with Crippen molar-refractivity contribution in [3.8, 4) is 101 Å². The van der Waals surface area contributed by atoms with Gasteiger partial charge < -0.3 is 29.4 Å². The first-order valence-electron chi connectivity index (χ1n) is 44.3. The third-order valence-corrected chi connectivity index (χ3v) is 25.9. The van der Waals surface area contributed by atoms with Gasteiger partial charge in [-0.15, -0.1) is 0 Å². The number of benzene rings is 8. The zero-order valence-corrected chi connectivity index (χ0v) is 76.6. The van der Waals surface area contributed by atoms with Gasteiger partial charge in [-0.3, -0.25) is 0 Å². The predicted octanol–water partition coefficient (Wildman–Crippen LogP) is 30.4. The van der Waals surface area contributed by atoms with E-state index in [4.69, 9.17) is 29.4 Å². The van der Waals surface area contributed by atoms with Crippen molar-refractivity contribution in [3.05, 3.63) is 314 Å². The summed E-state index contributed by atoms with van der Waals surface area (Å²) in [6.07, 6.45) is 20.4. The molecule has 0 atom stereocenters. The van der Waals surface area contributed by atoms with Gasteiger partial charge in [0, 0.05) is 88.6 Å². The second-order valence-electron chi connectivity index (χ2n) is 36.3. The molecule has 4 aliphatic rings. The van der Waals surface area contributed by atoms with Crippen LogP contribution in [0.2, 0.25) is 0 Å². The molecule has 18 rings (SSSR count). The average molecular weight is 1640 g/mol. The molecule has 0 spiro atoms. The summed E-state index contributed by atoms with van der Waals surface area (Å²) in [5.41, 5.74) is 58.7. The van der Waals surface area contributed by atoms with E-state index in [2.05, 4.69) is 366 Å². The molecule has 0 saturated carbocycles. The molecule has 125 heavy (non-hydrogen) atoms. The Hall–Kier alpha value is -13.4. The number of aromatic nitrogens is 8. The van der Waals surface area contributed by atoms with Crippen LogP contribution in [0, 0.1) is 152 Å². The zero-order chi connectivity index (χ0) is 87.6. The van der Waals surface area contributed by atoms with E-state index in [1.165, 1.54) is 134 Å². The van der Waals surface area contributed by atoms with E-state index in [0.29, 0.717) is 13.2 Å². The van der Waals surface area contributed by atoms with Crippen LogP contribution in [-0.2, 0) is 0 Å². The Labute approximate surface area is 736 Å². The van der Waals surface area contributed by atoms with Crippen LogP contribution in [0.1, 0.15) is 187 Å². The summed E-state index contributed by atoms with van der Waals surface area (Å²) in [5.74, 6) is 1.69. The fourth-order valence-electron chi connectivity index (χ4n) is 21.5. The zero-order valence-electron chi connectivity index (χ0n) is 76.6. The number of aryl methyl sites for hydroxylation is 22. The lowest BCUT2D eigenvalue weighted by atomic mass is 9.92. The van der Waals surface area contributed by atoms with Crippen LogP contribution >= 0.6 is 0 Å². The Balaban J connectivity index is 0.677. The topological polar surface area (TPSA) is 133 Å². The molecular formula is C115H112N8O2. The highest BCUT2D eigenvalue weighted by atomic mass is 16.5. The highest BCUT2D eigenvalue weighted by Crippen LogP contribution is 2.48. The average Bonchev–Trinajstić information content (AvgIpc) is 1.61. The Morgan fingerprint density at radius 3 is 0.456 bits per heavy atom. The quantitative estimate of drug-likeness (QED) is 0.0712. The molecule has 0 aliphatic carbocycles. The smallest absolute Gasteiger partial charge is 0.119 e. The monoisotopic (exact) mass is 1640 g/mol. The molecule has 8 aromatic carbocycles. The van der Waals surface area contributed by atoms with E-state index >= 15 is 0 Å². The van der Waals surface area contributed by atoms with Crippen LogP contribution < -0.4 is 9.47 Å². The van der Waals surface area contributed by atoms with Crippen molar-refractivity contribution in [2.45, 2.75) is 172 Å². The summed E-state index contributed by atoms with van der Waals surface area (Å²) in [6.45, 7) is 49.8. The van der Waals surface area contributed by atoms with Gasteiger partial charge >= 0.3 is 0 Å². The molecule has 4 aliphatic heterocycles. The summed E-state index contributed by atoms with van der Waals surface area (Å²) in [4.78, 5) is 39.3. The lowest BCUT2D eigenvalue weighted by Crippen LogP contribution is -2.02. The Bertz CT molecular complexity index is 6710. The summed E-state index contributed by atoms with van der Waals surface area (Å²) in [5, 5.41) is 0. The van der Waals surface area contributed by atoms with E-state index in [9.17, 15) is 0 Å². The van der Waals surface area contributed by atoms with Crippen molar-refractivity contribution in [3.63, 3.8) is 0 Å². The third kappa shape index (κ3) is 15.2. The van der Waals surface area contributed by atoms with Gasteiger partial charge in [-0.25, -0.2) is 19.9 Å². The van der Waals surface area contributed by atoms with E-state index in [1.807, 2.05) is 0 Å². The molecule has 10 heteroatoms.